The molecular weight excluding hydrogens is 195 g/mol. The molecule has 0 saturated heterocycles. The van der Waals surface area contributed by atoms with E-state index in [4.69, 9.17) is 5.73 Å². The fourth-order valence-electron chi connectivity index (χ4n) is 1.39. The average Bonchev–Trinajstić information content (AvgIpc) is 2.18. The summed E-state index contributed by atoms with van der Waals surface area (Å²) in [5, 5.41) is 0. The standard InChI is InChI=1S/C11H15FN2O/c1-2-14(7-6-11(13)15)10-5-3-4-9(12)8-10/h3-5,8H,2,6-7H2,1H3,(H2,13,15). The lowest BCUT2D eigenvalue weighted by Gasteiger charge is -2.22. The molecule has 82 valence electrons. The Labute approximate surface area is 88.7 Å². The number of anilines is 1. The van der Waals surface area contributed by atoms with Gasteiger partial charge in [0.15, 0.2) is 0 Å². The Morgan fingerprint density at radius 3 is 2.80 bits per heavy atom. The second kappa shape index (κ2) is 5.34. The lowest BCUT2D eigenvalue weighted by Crippen LogP contribution is -2.27. The Kier molecular flexibility index (Phi) is 4.09. The first-order valence-corrected chi connectivity index (χ1v) is 4.92. The van der Waals surface area contributed by atoms with Crippen LogP contribution >= 0.6 is 0 Å². The largest absolute Gasteiger partial charge is 0.371 e. The second-order valence-corrected chi connectivity index (χ2v) is 3.28. The van der Waals surface area contributed by atoms with Crippen LogP contribution in [-0.2, 0) is 4.79 Å². The predicted molar refractivity (Wildman–Crippen MR) is 58.1 cm³/mol. The molecule has 15 heavy (non-hydrogen) atoms. The van der Waals surface area contributed by atoms with Gasteiger partial charge in [0.25, 0.3) is 0 Å². The van der Waals surface area contributed by atoms with Gasteiger partial charge in [-0.1, -0.05) is 6.07 Å². The highest BCUT2D eigenvalue weighted by molar-refractivity contribution is 5.74. The number of rotatable bonds is 5. The monoisotopic (exact) mass is 210 g/mol. The molecule has 1 aromatic rings. The highest BCUT2D eigenvalue weighted by Crippen LogP contribution is 2.15. The van der Waals surface area contributed by atoms with E-state index in [1.54, 1.807) is 6.07 Å². The van der Waals surface area contributed by atoms with Gasteiger partial charge in [-0.25, -0.2) is 4.39 Å². The van der Waals surface area contributed by atoms with Crippen molar-refractivity contribution in [2.75, 3.05) is 18.0 Å². The molecule has 0 saturated carbocycles. The zero-order chi connectivity index (χ0) is 11.3. The molecular formula is C11H15FN2O. The first-order valence-electron chi connectivity index (χ1n) is 4.92. The zero-order valence-electron chi connectivity index (χ0n) is 8.74. The van der Waals surface area contributed by atoms with Gasteiger partial charge in [0, 0.05) is 25.2 Å². The van der Waals surface area contributed by atoms with Gasteiger partial charge >= 0.3 is 0 Å². The van der Waals surface area contributed by atoms with Gasteiger partial charge in [-0.15, -0.1) is 0 Å². The Bertz CT molecular complexity index is 341. The number of carbonyl (C=O) groups is 1. The molecule has 0 heterocycles. The molecule has 0 spiro atoms. The minimum Gasteiger partial charge on any atom is -0.371 e. The van der Waals surface area contributed by atoms with E-state index < -0.39 is 0 Å². The number of amides is 1. The number of carbonyl (C=O) groups excluding carboxylic acids is 1. The highest BCUT2D eigenvalue weighted by Gasteiger charge is 2.06. The Hall–Kier alpha value is -1.58. The predicted octanol–water partition coefficient (Wildman–Crippen LogP) is 1.53. The molecule has 0 atom stereocenters. The van der Waals surface area contributed by atoms with E-state index >= 15 is 0 Å². The van der Waals surface area contributed by atoms with E-state index in [-0.39, 0.29) is 18.1 Å². The molecule has 0 unspecified atom stereocenters. The molecule has 0 aromatic heterocycles. The third kappa shape index (κ3) is 3.58. The van der Waals surface area contributed by atoms with Gasteiger partial charge < -0.3 is 10.6 Å². The first-order chi connectivity index (χ1) is 7.13. The van der Waals surface area contributed by atoms with Crippen LogP contribution in [0, 0.1) is 5.82 Å². The van der Waals surface area contributed by atoms with E-state index in [0.29, 0.717) is 6.54 Å². The smallest absolute Gasteiger partial charge is 0.219 e. The van der Waals surface area contributed by atoms with Gasteiger partial charge in [-0.2, -0.15) is 0 Å². The molecule has 0 aliphatic heterocycles. The van der Waals surface area contributed by atoms with E-state index in [1.807, 2.05) is 17.9 Å². The van der Waals surface area contributed by atoms with E-state index in [2.05, 4.69) is 0 Å². The summed E-state index contributed by atoms with van der Waals surface area (Å²) in [5.41, 5.74) is 5.84. The summed E-state index contributed by atoms with van der Waals surface area (Å²) < 4.78 is 12.9. The summed E-state index contributed by atoms with van der Waals surface area (Å²) in [6.07, 6.45) is 0.282. The lowest BCUT2D eigenvalue weighted by molar-refractivity contribution is -0.117. The average molecular weight is 210 g/mol. The van der Waals surface area contributed by atoms with Gasteiger partial charge in [0.05, 0.1) is 0 Å². The minimum absolute atomic E-state index is 0.273. The zero-order valence-corrected chi connectivity index (χ0v) is 8.74. The van der Waals surface area contributed by atoms with Crippen molar-refractivity contribution in [3.05, 3.63) is 30.1 Å². The summed E-state index contributed by atoms with van der Waals surface area (Å²) in [7, 11) is 0. The Morgan fingerprint density at radius 1 is 1.53 bits per heavy atom. The molecule has 1 rings (SSSR count). The molecule has 0 bridgehead atoms. The fourth-order valence-corrected chi connectivity index (χ4v) is 1.39. The maximum absolute atomic E-state index is 12.9. The molecule has 0 aliphatic rings. The topological polar surface area (TPSA) is 46.3 Å². The SMILES string of the molecule is CCN(CCC(N)=O)c1cccc(F)c1. The van der Waals surface area contributed by atoms with Crippen LogP contribution in [-0.4, -0.2) is 19.0 Å². The number of hydrogen-bond acceptors (Lipinski definition) is 2. The molecule has 1 amide bonds. The van der Waals surface area contributed by atoms with Crippen LogP contribution in [0.3, 0.4) is 0 Å². The van der Waals surface area contributed by atoms with Crippen molar-refractivity contribution in [1.29, 1.82) is 0 Å². The van der Waals surface area contributed by atoms with Crippen molar-refractivity contribution in [3.63, 3.8) is 0 Å². The summed E-state index contributed by atoms with van der Waals surface area (Å²) >= 11 is 0. The van der Waals surface area contributed by atoms with Crippen molar-refractivity contribution >= 4 is 11.6 Å². The number of halogens is 1. The van der Waals surface area contributed by atoms with Crippen molar-refractivity contribution in [3.8, 4) is 0 Å². The normalized spacial score (nSPS) is 10.0. The summed E-state index contributed by atoms with van der Waals surface area (Å²) in [6.45, 7) is 3.19. The van der Waals surface area contributed by atoms with Crippen LogP contribution in [0.1, 0.15) is 13.3 Å². The Balaban J connectivity index is 2.69. The van der Waals surface area contributed by atoms with E-state index in [9.17, 15) is 9.18 Å². The van der Waals surface area contributed by atoms with Crippen molar-refractivity contribution in [2.24, 2.45) is 5.73 Å². The van der Waals surface area contributed by atoms with Gasteiger partial charge in [-0.3, -0.25) is 4.79 Å². The molecule has 4 heteroatoms. The van der Waals surface area contributed by atoms with Crippen LogP contribution in [0.25, 0.3) is 0 Å². The van der Waals surface area contributed by atoms with Crippen LogP contribution in [0.2, 0.25) is 0 Å². The van der Waals surface area contributed by atoms with Crippen molar-refractivity contribution in [2.45, 2.75) is 13.3 Å². The molecule has 2 N–H and O–H groups in total. The second-order valence-electron chi connectivity index (χ2n) is 3.28. The number of hydrogen-bond donors (Lipinski definition) is 1. The third-order valence-corrected chi connectivity index (χ3v) is 2.18. The van der Waals surface area contributed by atoms with Crippen molar-refractivity contribution in [1.82, 2.24) is 0 Å². The maximum atomic E-state index is 12.9. The number of nitrogens with two attached hydrogens (primary N) is 1. The summed E-state index contributed by atoms with van der Waals surface area (Å²) in [6, 6.07) is 6.31. The molecule has 3 nitrogen and oxygen atoms in total. The number of nitrogens with zero attached hydrogens (tertiary/aromatic N) is 1. The lowest BCUT2D eigenvalue weighted by atomic mass is 10.2. The third-order valence-electron chi connectivity index (χ3n) is 2.18. The molecule has 0 fully saturated rings. The fraction of sp³-hybridized carbons (Fsp3) is 0.364. The summed E-state index contributed by atoms with van der Waals surface area (Å²) in [5.74, 6) is -0.616. The van der Waals surface area contributed by atoms with Crippen LogP contribution in [0.5, 0.6) is 0 Å². The van der Waals surface area contributed by atoms with Crippen LogP contribution < -0.4 is 10.6 Å². The summed E-state index contributed by atoms with van der Waals surface area (Å²) in [4.78, 5) is 12.5. The van der Waals surface area contributed by atoms with Gasteiger partial charge in [-0.05, 0) is 25.1 Å². The Morgan fingerprint density at radius 2 is 2.27 bits per heavy atom. The number of benzene rings is 1. The van der Waals surface area contributed by atoms with Crippen LogP contribution in [0.15, 0.2) is 24.3 Å². The molecule has 0 radical (unpaired) electrons. The minimum atomic E-state index is -0.343. The maximum Gasteiger partial charge on any atom is 0.219 e. The number of primary amides is 1. The van der Waals surface area contributed by atoms with Crippen LogP contribution in [0.4, 0.5) is 10.1 Å². The van der Waals surface area contributed by atoms with Gasteiger partial charge in [0.1, 0.15) is 5.82 Å². The first kappa shape index (κ1) is 11.5. The van der Waals surface area contributed by atoms with E-state index in [1.165, 1.54) is 12.1 Å². The molecule has 1 aromatic carbocycles. The molecule has 0 aliphatic carbocycles. The van der Waals surface area contributed by atoms with Crippen molar-refractivity contribution < 1.29 is 9.18 Å². The van der Waals surface area contributed by atoms with Gasteiger partial charge in [0.2, 0.25) is 5.91 Å². The highest BCUT2D eigenvalue weighted by atomic mass is 19.1. The quantitative estimate of drug-likeness (QED) is 0.801. The van der Waals surface area contributed by atoms with E-state index in [0.717, 1.165) is 12.2 Å².